The van der Waals surface area contributed by atoms with Crippen LogP contribution < -0.4 is 5.32 Å². The summed E-state index contributed by atoms with van der Waals surface area (Å²) in [7, 11) is 0. The van der Waals surface area contributed by atoms with Crippen LogP contribution in [0.4, 0.5) is 0 Å². The van der Waals surface area contributed by atoms with Gasteiger partial charge in [-0.05, 0) is 53.3 Å². The SMILES string of the molecule is CCOC(=O)c1c(CC(=O)NCCN(CC)CC)[nH]c(C(=O)OC(C)(C)C)c1C. The Morgan fingerprint density at radius 2 is 1.69 bits per heavy atom. The van der Waals surface area contributed by atoms with Crippen LogP contribution in [-0.2, 0) is 20.7 Å². The molecular weight excluding hydrogens is 374 g/mol. The standard InChI is InChI=1S/C21H35N3O5/c1-8-24(9-2)12-11-22-16(25)13-15-17(19(26)28-10-3)14(4)18(23-15)20(27)29-21(5,6)7/h23H,8-13H2,1-7H3,(H,22,25). The second kappa shape index (κ2) is 11.0. The molecule has 0 radical (unpaired) electrons. The van der Waals surface area contributed by atoms with Crippen LogP contribution in [0.3, 0.4) is 0 Å². The van der Waals surface area contributed by atoms with E-state index in [0.29, 0.717) is 17.8 Å². The molecule has 1 heterocycles. The minimum absolute atomic E-state index is 0.0595. The third kappa shape index (κ3) is 7.53. The van der Waals surface area contributed by atoms with Crippen LogP contribution >= 0.6 is 0 Å². The average Bonchev–Trinajstić information content (AvgIpc) is 2.93. The van der Waals surface area contributed by atoms with E-state index in [2.05, 4.69) is 29.0 Å². The zero-order chi connectivity index (χ0) is 22.2. The van der Waals surface area contributed by atoms with Crippen LogP contribution in [0.25, 0.3) is 0 Å². The first-order chi connectivity index (χ1) is 13.5. The highest BCUT2D eigenvalue weighted by Gasteiger charge is 2.28. The topological polar surface area (TPSA) is 101 Å². The molecule has 8 heteroatoms. The van der Waals surface area contributed by atoms with Gasteiger partial charge in [-0.3, -0.25) is 4.79 Å². The third-order valence-corrected chi connectivity index (χ3v) is 4.39. The minimum atomic E-state index is -0.680. The Hall–Kier alpha value is -2.35. The predicted molar refractivity (Wildman–Crippen MR) is 111 cm³/mol. The molecule has 0 spiro atoms. The minimum Gasteiger partial charge on any atom is -0.462 e. The molecule has 0 aliphatic heterocycles. The number of rotatable bonds is 10. The van der Waals surface area contributed by atoms with E-state index in [4.69, 9.17) is 9.47 Å². The first kappa shape index (κ1) is 24.7. The number of carbonyl (C=O) groups excluding carboxylic acids is 3. The molecule has 1 aromatic rings. The average molecular weight is 410 g/mol. The van der Waals surface area contributed by atoms with Crippen LogP contribution in [0.15, 0.2) is 0 Å². The Bertz CT molecular complexity index is 715. The zero-order valence-corrected chi connectivity index (χ0v) is 18.7. The van der Waals surface area contributed by atoms with Gasteiger partial charge in [0.25, 0.3) is 0 Å². The fourth-order valence-corrected chi connectivity index (χ4v) is 2.92. The van der Waals surface area contributed by atoms with Gasteiger partial charge in [-0.2, -0.15) is 0 Å². The van der Waals surface area contributed by atoms with Gasteiger partial charge in [-0.25, -0.2) is 9.59 Å². The van der Waals surface area contributed by atoms with E-state index in [1.165, 1.54) is 0 Å². The van der Waals surface area contributed by atoms with Gasteiger partial charge in [-0.15, -0.1) is 0 Å². The zero-order valence-electron chi connectivity index (χ0n) is 18.7. The first-order valence-corrected chi connectivity index (χ1v) is 10.1. The summed E-state index contributed by atoms with van der Waals surface area (Å²) in [5.74, 6) is -1.38. The summed E-state index contributed by atoms with van der Waals surface area (Å²) in [5, 5.41) is 2.86. The summed E-state index contributed by atoms with van der Waals surface area (Å²) < 4.78 is 10.5. The number of likely N-dealkylation sites (N-methyl/N-ethyl adjacent to an activating group) is 1. The molecule has 0 saturated heterocycles. The number of hydrogen-bond donors (Lipinski definition) is 2. The third-order valence-electron chi connectivity index (χ3n) is 4.39. The predicted octanol–water partition coefficient (Wildman–Crippen LogP) is 2.46. The van der Waals surface area contributed by atoms with Gasteiger partial charge in [0.15, 0.2) is 0 Å². The monoisotopic (exact) mass is 409 g/mol. The normalized spacial score (nSPS) is 11.4. The molecule has 0 unspecified atom stereocenters. The van der Waals surface area contributed by atoms with Crippen molar-refractivity contribution in [2.24, 2.45) is 0 Å². The summed E-state index contributed by atoms with van der Waals surface area (Å²) in [6.45, 7) is 16.0. The summed E-state index contributed by atoms with van der Waals surface area (Å²) in [6, 6.07) is 0. The Morgan fingerprint density at radius 3 is 2.21 bits per heavy atom. The van der Waals surface area contributed by atoms with Crippen molar-refractivity contribution in [1.29, 1.82) is 0 Å². The molecule has 2 N–H and O–H groups in total. The number of aromatic nitrogens is 1. The largest absolute Gasteiger partial charge is 0.462 e. The van der Waals surface area contributed by atoms with E-state index in [1.54, 1.807) is 34.6 Å². The van der Waals surface area contributed by atoms with E-state index in [1.807, 2.05) is 0 Å². The molecule has 1 rings (SSSR count). The quantitative estimate of drug-likeness (QED) is 0.576. The number of ether oxygens (including phenoxy) is 2. The van der Waals surface area contributed by atoms with Gasteiger partial charge in [0.2, 0.25) is 5.91 Å². The fourth-order valence-electron chi connectivity index (χ4n) is 2.92. The van der Waals surface area contributed by atoms with Crippen molar-refractivity contribution in [3.63, 3.8) is 0 Å². The second-order valence-corrected chi connectivity index (χ2v) is 7.75. The Balaban J connectivity index is 3.02. The number of carbonyl (C=O) groups is 3. The number of H-pyrrole nitrogens is 1. The maximum atomic E-state index is 12.5. The Morgan fingerprint density at radius 1 is 1.07 bits per heavy atom. The molecule has 0 saturated carbocycles. The number of aromatic amines is 1. The van der Waals surface area contributed by atoms with Gasteiger partial charge < -0.3 is 24.7 Å². The molecule has 0 atom stereocenters. The van der Waals surface area contributed by atoms with Crippen molar-refractivity contribution in [3.8, 4) is 0 Å². The molecule has 0 aliphatic carbocycles. The highest BCUT2D eigenvalue weighted by atomic mass is 16.6. The van der Waals surface area contributed by atoms with Gasteiger partial charge in [-0.1, -0.05) is 13.8 Å². The molecule has 8 nitrogen and oxygen atoms in total. The molecule has 0 fully saturated rings. The molecule has 1 aromatic heterocycles. The van der Waals surface area contributed by atoms with Crippen molar-refractivity contribution in [2.45, 2.75) is 60.5 Å². The second-order valence-electron chi connectivity index (χ2n) is 7.75. The summed E-state index contributed by atoms with van der Waals surface area (Å²) >= 11 is 0. The lowest BCUT2D eigenvalue weighted by Crippen LogP contribution is -2.35. The summed E-state index contributed by atoms with van der Waals surface area (Å²) in [6.07, 6.45) is -0.0595. The van der Waals surface area contributed by atoms with Crippen molar-refractivity contribution in [1.82, 2.24) is 15.2 Å². The van der Waals surface area contributed by atoms with Crippen molar-refractivity contribution >= 4 is 17.8 Å². The van der Waals surface area contributed by atoms with E-state index in [-0.39, 0.29) is 30.2 Å². The Kier molecular flexibility index (Phi) is 9.36. The fraction of sp³-hybridized carbons (Fsp3) is 0.667. The van der Waals surface area contributed by atoms with E-state index in [9.17, 15) is 14.4 Å². The van der Waals surface area contributed by atoms with Crippen molar-refractivity contribution < 1.29 is 23.9 Å². The van der Waals surface area contributed by atoms with Gasteiger partial charge >= 0.3 is 11.9 Å². The number of hydrogen-bond acceptors (Lipinski definition) is 6. The molecule has 1 amide bonds. The first-order valence-electron chi connectivity index (χ1n) is 10.1. The lowest BCUT2D eigenvalue weighted by Gasteiger charge is -2.19. The number of nitrogens with zero attached hydrogens (tertiary/aromatic N) is 1. The molecular formula is C21H35N3O5. The summed E-state index contributed by atoms with van der Waals surface area (Å²) in [5.41, 5.74) is 0.465. The van der Waals surface area contributed by atoms with E-state index >= 15 is 0 Å². The lowest BCUT2D eigenvalue weighted by molar-refractivity contribution is -0.120. The lowest BCUT2D eigenvalue weighted by atomic mass is 10.1. The molecule has 164 valence electrons. The molecule has 0 aromatic carbocycles. The Labute approximate surface area is 173 Å². The van der Waals surface area contributed by atoms with Gasteiger partial charge in [0, 0.05) is 18.8 Å². The molecule has 0 bridgehead atoms. The van der Waals surface area contributed by atoms with Crippen LogP contribution in [0.2, 0.25) is 0 Å². The van der Waals surface area contributed by atoms with Crippen LogP contribution in [-0.4, -0.2) is 66.1 Å². The van der Waals surface area contributed by atoms with E-state index in [0.717, 1.165) is 19.6 Å². The van der Waals surface area contributed by atoms with Crippen molar-refractivity contribution in [2.75, 3.05) is 32.8 Å². The number of nitrogens with one attached hydrogen (secondary N) is 2. The van der Waals surface area contributed by atoms with Gasteiger partial charge in [0.1, 0.15) is 11.3 Å². The molecule has 29 heavy (non-hydrogen) atoms. The maximum absolute atomic E-state index is 12.5. The number of amides is 1. The highest BCUT2D eigenvalue weighted by molar-refractivity contribution is 5.99. The van der Waals surface area contributed by atoms with Crippen LogP contribution in [0.5, 0.6) is 0 Å². The van der Waals surface area contributed by atoms with Crippen LogP contribution in [0, 0.1) is 6.92 Å². The summed E-state index contributed by atoms with van der Waals surface area (Å²) in [4.78, 5) is 42.5. The van der Waals surface area contributed by atoms with Crippen molar-refractivity contribution in [3.05, 3.63) is 22.5 Å². The maximum Gasteiger partial charge on any atom is 0.355 e. The van der Waals surface area contributed by atoms with E-state index < -0.39 is 17.5 Å². The molecule has 0 aliphatic rings. The number of esters is 2. The highest BCUT2D eigenvalue weighted by Crippen LogP contribution is 2.23. The van der Waals surface area contributed by atoms with Gasteiger partial charge in [0.05, 0.1) is 18.6 Å². The smallest absolute Gasteiger partial charge is 0.355 e. The van der Waals surface area contributed by atoms with Crippen LogP contribution in [0.1, 0.15) is 73.6 Å².